The fourth-order valence-corrected chi connectivity index (χ4v) is 3.09. The van der Waals surface area contributed by atoms with Gasteiger partial charge in [0.15, 0.2) is 11.5 Å². The number of rotatable bonds is 1. The van der Waals surface area contributed by atoms with Crippen LogP contribution in [-0.4, -0.2) is 12.8 Å². The molecule has 24 heavy (non-hydrogen) atoms. The van der Waals surface area contributed by atoms with E-state index in [4.69, 9.17) is 23.4 Å². The minimum Gasteiger partial charge on any atom is -0.488 e. The number of hydrogen-bond donors (Lipinski definition) is 0. The molecule has 0 radical (unpaired) electrons. The van der Waals surface area contributed by atoms with Gasteiger partial charge in [0, 0.05) is 30.0 Å². The predicted octanol–water partition coefficient (Wildman–Crippen LogP) is 3.65. The summed E-state index contributed by atoms with van der Waals surface area (Å²) in [7, 11) is 0. The van der Waals surface area contributed by atoms with E-state index in [9.17, 15) is 4.79 Å². The summed E-state index contributed by atoms with van der Waals surface area (Å²) in [6, 6.07) is 9.00. The highest BCUT2D eigenvalue weighted by Gasteiger charge is 2.27. The number of carbonyl (C=O) groups excluding carboxylic acids is 1. The molecule has 0 aliphatic carbocycles. The lowest BCUT2D eigenvalue weighted by Gasteiger charge is -2.17. The molecule has 5 rings (SSSR count). The minimum atomic E-state index is -0.371. The van der Waals surface area contributed by atoms with Crippen LogP contribution in [0.5, 0.6) is 23.0 Å². The summed E-state index contributed by atoms with van der Waals surface area (Å²) in [4.78, 5) is 11.1. The zero-order valence-corrected chi connectivity index (χ0v) is 12.8. The standard InChI is InChI=1S/C18H12O6/c1-9(19)23-10-2-3-11-14(4-10)20-7-13-12-5-16-17(22-8-21-16)6-15(12)24-18(11)13/h2-6H,7-8H2,1H3. The largest absolute Gasteiger partial charge is 0.488 e. The first kappa shape index (κ1) is 13.3. The first-order valence-corrected chi connectivity index (χ1v) is 7.50. The molecule has 2 aliphatic rings. The average molecular weight is 324 g/mol. The second-order valence-corrected chi connectivity index (χ2v) is 5.65. The lowest BCUT2D eigenvalue weighted by atomic mass is 10.0. The third kappa shape index (κ3) is 1.86. The first-order valence-electron chi connectivity index (χ1n) is 7.50. The molecule has 6 heteroatoms. The van der Waals surface area contributed by atoms with Gasteiger partial charge >= 0.3 is 5.97 Å². The van der Waals surface area contributed by atoms with Crippen LogP contribution in [0.2, 0.25) is 0 Å². The third-order valence-corrected chi connectivity index (χ3v) is 4.12. The normalized spacial score (nSPS) is 14.0. The Labute approximate surface area is 136 Å². The van der Waals surface area contributed by atoms with Gasteiger partial charge in [0.2, 0.25) is 6.79 Å². The number of furan rings is 1. The van der Waals surface area contributed by atoms with Gasteiger partial charge in [0.05, 0.1) is 5.56 Å². The molecule has 0 atom stereocenters. The second-order valence-electron chi connectivity index (χ2n) is 5.65. The van der Waals surface area contributed by atoms with Crippen LogP contribution in [0, 0.1) is 0 Å². The van der Waals surface area contributed by atoms with Crippen LogP contribution in [0.3, 0.4) is 0 Å². The van der Waals surface area contributed by atoms with Gasteiger partial charge < -0.3 is 23.4 Å². The lowest BCUT2D eigenvalue weighted by Crippen LogP contribution is -2.05. The van der Waals surface area contributed by atoms with Gasteiger partial charge in [0.1, 0.15) is 29.4 Å². The molecule has 0 fully saturated rings. The number of hydrogen-bond acceptors (Lipinski definition) is 6. The van der Waals surface area contributed by atoms with Gasteiger partial charge in [-0.2, -0.15) is 0 Å². The van der Waals surface area contributed by atoms with Crippen LogP contribution < -0.4 is 18.9 Å². The summed E-state index contributed by atoms with van der Waals surface area (Å²) in [5, 5.41) is 0.948. The molecule has 0 bridgehead atoms. The Bertz CT molecular complexity index is 1000. The van der Waals surface area contributed by atoms with Crippen LogP contribution in [0.25, 0.3) is 22.3 Å². The Morgan fingerprint density at radius 2 is 1.88 bits per heavy atom. The summed E-state index contributed by atoms with van der Waals surface area (Å²) >= 11 is 0. The number of benzene rings is 2. The summed E-state index contributed by atoms with van der Waals surface area (Å²) in [5.74, 6) is 2.85. The molecule has 120 valence electrons. The number of fused-ring (bicyclic) bond motifs is 6. The maximum absolute atomic E-state index is 11.1. The molecule has 0 N–H and O–H groups in total. The van der Waals surface area contributed by atoms with E-state index in [0.29, 0.717) is 29.6 Å². The van der Waals surface area contributed by atoms with Crippen molar-refractivity contribution in [3.05, 3.63) is 35.9 Å². The van der Waals surface area contributed by atoms with E-state index in [2.05, 4.69) is 0 Å². The summed E-state index contributed by atoms with van der Waals surface area (Å²) in [5.41, 5.74) is 2.52. The van der Waals surface area contributed by atoms with Crippen LogP contribution in [-0.2, 0) is 11.4 Å². The third-order valence-electron chi connectivity index (χ3n) is 4.12. The van der Waals surface area contributed by atoms with E-state index < -0.39 is 0 Å². The quantitative estimate of drug-likeness (QED) is 0.503. The van der Waals surface area contributed by atoms with Crippen molar-refractivity contribution in [2.75, 3.05) is 6.79 Å². The minimum absolute atomic E-state index is 0.225. The molecule has 1 aromatic heterocycles. The molecular weight excluding hydrogens is 312 g/mol. The van der Waals surface area contributed by atoms with Crippen LogP contribution in [0.4, 0.5) is 0 Å². The van der Waals surface area contributed by atoms with Gasteiger partial charge in [-0.05, 0) is 18.2 Å². The van der Waals surface area contributed by atoms with Crippen molar-refractivity contribution in [2.24, 2.45) is 0 Å². The van der Waals surface area contributed by atoms with Crippen molar-refractivity contribution < 1.29 is 28.2 Å². The smallest absolute Gasteiger partial charge is 0.308 e. The van der Waals surface area contributed by atoms with Gasteiger partial charge in [-0.1, -0.05) is 0 Å². The fourth-order valence-electron chi connectivity index (χ4n) is 3.09. The molecule has 0 saturated heterocycles. The second kappa shape index (κ2) is 4.67. The van der Waals surface area contributed by atoms with Gasteiger partial charge in [-0.3, -0.25) is 4.79 Å². The molecule has 2 aromatic carbocycles. The molecule has 2 aliphatic heterocycles. The molecular formula is C18H12O6. The average Bonchev–Trinajstić information content (AvgIpc) is 3.15. The SMILES string of the molecule is CC(=O)Oc1ccc2c(c1)OCc1c-2oc2cc3c(cc12)OCO3. The Balaban J connectivity index is 1.66. The van der Waals surface area contributed by atoms with Crippen molar-refractivity contribution in [3.63, 3.8) is 0 Å². The van der Waals surface area contributed by atoms with Gasteiger partial charge in [-0.25, -0.2) is 0 Å². The molecule has 6 nitrogen and oxygen atoms in total. The molecule has 3 heterocycles. The molecule has 0 amide bonds. The maximum atomic E-state index is 11.1. The van der Waals surface area contributed by atoms with E-state index in [-0.39, 0.29) is 12.8 Å². The zero-order valence-electron chi connectivity index (χ0n) is 12.8. The molecule has 3 aromatic rings. The van der Waals surface area contributed by atoms with Crippen molar-refractivity contribution in [2.45, 2.75) is 13.5 Å². The fraction of sp³-hybridized carbons (Fsp3) is 0.167. The highest BCUT2D eigenvalue weighted by molar-refractivity contribution is 5.92. The first-order chi connectivity index (χ1) is 11.7. The molecule has 0 spiro atoms. The summed E-state index contributed by atoms with van der Waals surface area (Å²) in [6.07, 6.45) is 0. The van der Waals surface area contributed by atoms with Crippen LogP contribution in [0.1, 0.15) is 12.5 Å². The van der Waals surface area contributed by atoms with Crippen molar-refractivity contribution in [1.82, 2.24) is 0 Å². The van der Waals surface area contributed by atoms with Crippen molar-refractivity contribution >= 4 is 16.9 Å². The highest BCUT2D eigenvalue weighted by Crippen LogP contribution is 2.46. The van der Waals surface area contributed by atoms with Gasteiger partial charge in [0.25, 0.3) is 0 Å². The predicted molar refractivity (Wildman–Crippen MR) is 83.4 cm³/mol. The number of carbonyl (C=O) groups is 1. The van der Waals surface area contributed by atoms with Crippen molar-refractivity contribution in [1.29, 1.82) is 0 Å². The lowest BCUT2D eigenvalue weighted by molar-refractivity contribution is -0.131. The van der Waals surface area contributed by atoms with E-state index >= 15 is 0 Å². The van der Waals surface area contributed by atoms with E-state index in [0.717, 1.165) is 27.9 Å². The Hall–Kier alpha value is -3.15. The zero-order chi connectivity index (χ0) is 16.3. The molecule has 0 unspecified atom stereocenters. The van der Waals surface area contributed by atoms with Gasteiger partial charge in [-0.15, -0.1) is 0 Å². The van der Waals surface area contributed by atoms with E-state index in [1.165, 1.54) is 6.92 Å². The Morgan fingerprint density at radius 3 is 2.71 bits per heavy atom. The molecule has 0 saturated carbocycles. The monoisotopic (exact) mass is 324 g/mol. The number of esters is 1. The van der Waals surface area contributed by atoms with Crippen LogP contribution in [0.15, 0.2) is 34.7 Å². The van der Waals surface area contributed by atoms with E-state index in [1.807, 2.05) is 18.2 Å². The number of ether oxygens (including phenoxy) is 4. The van der Waals surface area contributed by atoms with Crippen LogP contribution >= 0.6 is 0 Å². The Kier molecular flexibility index (Phi) is 2.59. The maximum Gasteiger partial charge on any atom is 0.308 e. The van der Waals surface area contributed by atoms with E-state index in [1.54, 1.807) is 12.1 Å². The summed E-state index contributed by atoms with van der Waals surface area (Å²) < 4.78 is 27.8. The highest BCUT2D eigenvalue weighted by atomic mass is 16.7. The topological polar surface area (TPSA) is 67.1 Å². The summed E-state index contributed by atoms with van der Waals surface area (Å²) in [6.45, 7) is 1.96. The Morgan fingerprint density at radius 1 is 1.04 bits per heavy atom. The van der Waals surface area contributed by atoms with Crippen molar-refractivity contribution in [3.8, 4) is 34.3 Å².